The fourth-order valence-electron chi connectivity index (χ4n) is 3.62. The molecule has 1 aliphatic heterocycles. The van der Waals surface area contributed by atoms with Gasteiger partial charge in [-0.2, -0.15) is 0 Å². The van der Waals surface area contributed by atoms with Crippen LogP contribution < -0.4 is 5.32 Å². The maximum atomic E-state index is 12.4. The average molecular weight is 423 g/mol. The quantitative estimate of drug-likeness (QED) is 0.494. The molecule has 31 heavy (non-hydrogen) atoms. The van der Waals surface area contributed by atoms with E-state index in [0.29, 0.717) is 31.5 Å². The van der Waals surface area contributed by atoms with Gasteiger partial charge in [0.1, 0.15) is 0 Å². The Balaban J connectivity index is 1.40. The van der Waals surface area contributed by atoms with Gasteiger partial charge in [-0.15, -0.1) is 0 Å². The third-order valence-corrected chi connectivity index (χ3v) is 5.58. The van der Waals surface area contributed by atoms with Crippen LogP contribution in [0, 0.1) is 5.92 Å². The summed E-state index contributed by atoms with van der Waals surface area (Å²) in [5, 5.41) is 2.86. The number of ether oxygens (including phenoxy) is 1. The molecule has 2 aromatic carbocycles. The minimum atomic E-state index is -0.365. The number of carbonyl (C=O) groups excluding carboxylic acids is 3. The normalized spacial score (nSPS) is 14.2. The molecule has 2 amide bonds. The molecule has 0 saturated carbocycles. The highest BCUT2D eigenvalue weighted by Crippen LogP contribution is 2.20. The highest BCUT2D eigenvalue weighted by molar-refractivity contribution is 5.98. The summed E-state index contributed by atoms with van der Waals surface area (Å²) in [4.78, 5) is 38.8. The molecule has 164 valence electrons. The second-order valence-corrected chi connectivity index (χ2v) is 7.89. The van der Waals surface area contributed by atoms with Gasteiger partial charge in [0, 0.05) is 24.3 Å². The van der Waals surface area contributed by atoms with Crippen LogP contribution in [-0.4, -0.2) is 42.4 Å². The van der Waals surface area contributed by atoms with Gasteiger partial charge < -0.3 is 15.0 Å². The molecule has 0 bridgehead atoms. The summed E-state index contributed by atoms with van der Waals surface area (Å²) in [6.45, 7) is 2.86. The Labute approximate surface area is 183 Å². The van der Waals surface area contributed by atoms with Crippen molar-refractivity contribution in [1.82, 2.24) is 4.90 Å². The summed E-state index contributed by atoms with van der Waals surface area (Å²) < 4.78 is 5.28. The minimum absolute atomic E-state index is 0.171. The zero-order chi connectivity index (χ0) is 22.1. The fourth-order valence-corrected chi connectivity index (χ4v) is 3.62. The molecule has 0 aromatic heterocycles. The monoisotopic (exact) mass is 422 g/mol. The molecule has 1 aliphatic rings. The number of urea groups is 1. The van der Waals surface area contributed by atoms with Gasteiger partial charge in [-0.05, 0) is 43.4 Å². The van der Waals surface area contributed by atoms with E-state index in [1.54, 1.807) is 17.0 Å². The number of unbranched alkanes of at least 4 members (excludes halogenated alkanes) is 1. The molecule has 0 radical (unpaired) electrons. The molecule has 1 N–H and O–H groups in total. The second kappa shape index (κ2) is 11.3. The number of ketones is 1. The zero-order valence-electron chi connectivity index (χ0n) is 18.0. The number of rotatable bonds is 8. The highest BCUT2D eigenvalue weighted by atomic mass is 16.5. The topological polar surface area (TPSA) is 75.7 Å². The Bertz CT molecular complexity index is 872. The summed E-state index contributed by atoms with van der Waals surface area (Å²) in [7, 11) is 0. The molecule has 1 heterocycles. The largest absolute Gasteiger partial charge is 0.457 e. The van der Waals surface area contributed by atoms with E-state index in [0.717, 1.165) is 24.9 Å². The van der Waals surface area contributed by atoms with Crippen molar-refractivity contribution in [3.05, 3.63) is 65.7 Å². The van der Waals surface area contributed by atoms with Crippen LogP contribution in [0.25, 0.3) is 0 Å². The van der Waals surface area contributed by atoms with Crippen LogP contribution in [0.2, 0.25) is 0 Å². The Morgan fingerprint density at radius 2 is 1.68 bits per heavy atom. The number of nitrogens with zero attached hydrogens (tertiary/aromatic N) is 1. The lowest BCUT2D eigenvalue weighted by Gasteiger charge is -2.30. The van der Waals surface area contributed by atoms with E-state index in [9.17, 15) is 14.4 Å². The number of carbonyl (C=O) groups is 3. The molecule has 3 rings (SSSR count). The lowest BCUT2D eigenvalue weighted by Crippen LogP contribution is -2.42. The van der Waals surface area contributed by atoms with Crippen molar-refractivity contribution in [3.63, 3.8) is 0 Å². The van der Waals surface area contributed by atoms with Crippen molar-refractivity contribution in [2.45, 2.75) is 39.0 Å². The lowest BCUT2D eigenvalue weighted by molar-refractivity contribution is -0.148. The first kappa shape index (κ1) is 22.5. The number of piperidine rings is 1. The summed E-state index contributed by atoms with van der Waals surface area (Å²) in [5.41, 5.74) is 2.50. The number of benzene rings is 2. The number of para-hydroxylation sites is 1. The van der Waals surface area contributed by atoms with Gasteiger partial charge in [-0.1, -0.05) is 55.8 Å². The van der Waals surface area contributed by atoms with Crippen molar-refractivity contribution in [2.75, 3.05) is 25.0 Å². The van der Waals surface area contributed by atoms with Gasteiger partial charge in [0.25, 0.3) is 0 Å². The Morgan fingerprint density at radius 3 is 2.32 bits per heavy atom. The average Bonchev–Trinajstić information content (AvgIpc) is 2.82. The minimum Gasteiger partial charge on any atom is -0.457 e. The van der Waals surface area contributed by atoms with Gasteiger partial charge in [0.15, 0.2) is 12.4 Å². The summed E-state index contributed by atoms with van der Waals surface area (Å²) >= 11 is 0. The first-order valence-corrected chi connectivity index (χ1v) is 11.0. The van der Waals surface area contributed by atoms with Gasteiger partial charge in [-0.3, -0.25) is 9.59 Å². The predicted molar refractivity (Wildman–Crippen MR) is 120 cm³/mol. The number of anilines is 1. The number of aryl methyl sites for hydroxylation is 1. The Hall–Kier alpha value is -3.15. The van der Waals surface area contributed by atoms with E-state index >= 15 is 0 Å². The second-order valence-electron chi connectivity index (χ2n) is 7.89. The zero-order valence-corrected chi connectivity index (χ0v) is 18.0. The number of amides is 2. The summed E-state index contributed by atoms with van der Waals surface area (Å²) in [6.07, 6.45) is 4.32. The Morgan fingerprint density at radius 1 is 1.00 bits per heavy atom. The molecule has 1 fully saturated rings. The number of esters is 1. The number of nitrogens with one attached hydrogen (secondary N) is 1. The van der Waals surface area contributed by atoms with Crippen LogP contribution in [-0.2, 0) is 16.0 Å². The van der Waals surface area contributed by atoms with E-state index in [1.807, 2.05) is 42.5 Å². The summed E-state index contributed by atoms with van der Waals surface area (Å²) in [6, 6.07) is 16.6. The van der Waals surface area contributed by atoms with Crippen LogP contribution in [0.5, 0.6) is 0 Å². The van der Waals surface area contributed by atoms with Crippen LogP contribution in [0.3, 0.4) is 0 Å². The maximum absolute atomic E-state index is 12.4. The summed E-state index contributed by atoms with van der Waals surface area (Å²) in [5.74, 6) is -0.851. The molecule has 0 atom stereocenters. The molecule has 0 aliphatic carbocycles. The van der Waals surface area contributed by atoms with Crippen molar-refractivity contribution >= 4 is 23.5 Å². The molecule has 1 saturated heterocycles. The molecule has 0 unspecified atom stereocenters. The van der Waals surface area contributed by atoms with Crippen LogP contribution in [0.1, 0.15) is 48.5 Å². The lowest BCUT2D eigenvalue weighted by atomic mass is 9.97. The fraction of sp³-hybridized carbons (Fsp3) is 0.400. The van der Waals surface area contributed by atoms with Crippen LogP contribution in [0.4, 0.5) is 10.5 Å². The first-order valence-electron chi connectivity index (χ1n) is 11.0. The Kier molecular flexibility index (Phi) is 8.21. The van der Waals surface area contributed by atoms with Gasteiger partial charge in [-0.25, -0.2) is 4.79 Å². The smallest absolute Gasteiger partial charge is 0.321 e. The van der Waals surface area contributed by atoms with E-state index in [1.165, 1.54) is 5.56 Å². The SMILES string of the molecule is CCCCc1ccc(C(=O)COC(=O)C2CCN(C(=O)Nc3ccccc3)CC2)cc1. The van der Waals surface area contributed by atoms with Crippen LogP contribution >= 0.6 is 0 Å². The van der Waals surface area contributed by atoms with Crippen molar-refractivity contribution < 1.29 is 19.1 Å². The number of Topliss-reactive ketones (excluding diaryl/α,β-unsaturated/α-hetero) is 1. The predicted octanol–water partition coefficient (Wildman–Crippen LogP) is 4.70. The highest BCUT2D eigenvalue weighted by Gasteiger charge is 2.28. The number of hydrogen-bond donors (Lipinski definition) is 1. The van der Waals surface area contributed by atoms with E-state index in [-0.39, 0.29) is 30.3 Å². The van der Waals surface area contributed by atoms with E-state index in [4.69, 9.17) is 4.74 Å². The molecule has 2 aromatic rings. The molecule has 6 nitrogen and oxygen atoms in total. The van der Waals surface area contributed by atoms with Gasteiger partial charge >= 0.3 is 12.0 Å². The standard InChI is InChI=1S/C25H30N2O4/c1-2-3-7-19-10-12-20(13-11-19)23(28)18-31-24(29)21-14-16-27(17-15-21)25(30)26-22-8-5-4-6-9-22/h4-6,8-13,21H,2-3,7,14-18H2,1H3,(H,26,30). The molecule has 6 heteroatoms. The number of hydrogen-bond acceptors (Lipinski definition) is 4. The van der Waals surface area contributed by atoms with Crippen molar-refractivity contribution in [2.24, 2.45) is 5.92 Å². The van der Waals surface area contributed by atoms with Crippen molar-refractivity contribution in [1.29, 1.82) is 0 Å². The number of likely N-dealkylation sites (tertiary alicyclic amines) is 1. The molecular formula is C25H30N2O4. The third kappa shape index (κ3) is 6.67. The van der Waals surface area contributed by atoms with Gasteiger partial charge in [0.05, 0.1) is 5.92 Å². The van der Waals surface area contributed by atoms with E-state index in [2.05, 4.69) is 12.2 Å². The first-order chi connectivity index (χ1) is 15.1. The molecule has 0 spiro atoms. The third-order valence-electron chi connectivity index (χ3n) is 5.58. The maximum Gasteiger partial charge on any atom is 0.321 e. The van der Waals surface area contributed by atoms with Gasteiger partial charge in [0.2, 0.25) is 0 Å². The van der Waals surface area contributed by atoms with Crippen molar-refractivity contribution in [3.8, 4) is 0 Å². The van der Waals surface area contributed by atoms with E-state index < -0.39 is 0 Å². The van der Waals surface area contributed by atoms with Crippen LogP contribution in [0.15, 0.2) is 54.6 Å². The molecular weight excluding hydrogens is 392 g/mol.